The van der Waals surface area contributed by atoms with E-state index < -0.39 is 0 Å². The maximum atomic E-state index is 11.8. The van der Waals surface area contributed by atoms with Crippen molar-refractivity contribution < 1.29 is 4.79 Å². The molecule has 1 aromatic rings. The molecule has 0 N–H and O–H groups in total. The molecule has 0 spiro atoms. The van der Waals surface area contributed by atoms with Crippen molar-refractivity contribution in [3.8, 4) is 0 Å². The average Bonchev–Trinajstić information content (AvgIpc) is 2.16. The summed E-state index contributed by atoms with van der Waals surface area (Å²) in [6.07, 6.45) is 0. The van der Waals surface area contributed by atoms with Gasteiger partial charge in [-0.3, -0.25) is 4.79 Å². The summed E-state index contributed by atoms with van der Waals surface area (Å²) < 4.78 is 0. The van der Waals surface area contributed by atoms with E-state index in [1.54, 1.807) is 24.3 Å². The Labute approximate surface area is 89.4 Å². The van der Waals surface area contributed by atoms with Gasteiger partial charge in [0.25, 0.3) is 0 Å². The summed E-state index contributed by atoms with van der Waals surface area (Å²) in [5.74, 6) is 0.176. The highest BCUT2D eigenvalue weighted by Gasteiger charge is 2.12. The molecule has 14 heavy (non-hydrogen) atoms. The minimum Gasteiger partial charge on any atom is -0.289 e. The van der Waals surface area contributed by atoms with Crippen molar-refractivity contribution in [2.24, 2.45) is 5.92 Å². The highest BCUT2D eigenvalue weighted by molar-refractivity contribution is 6.30. The van der Waals surface area contributed by atoms with Gasteiger partial charge >= 0.3 is 0 Å². The summed E-state index contributed by atoms with van der Waals surface area (Å²) in [4.78, 5) is 11.8. The van der Waals surface area contributed by atoms with Crippen LogP contribution in [-0.2, 0) is 0 Å². The average molecular weight is 209 g/mol. The lowest BCUT2D eigenvalue weighted by Crippen LogP contribution is -2.07. The molecular weight excluding hydrogens is 196 g/mol. The molecule has 0 unspecified atom stereocenters. The van der Waals surface area contributed by atoms with Crippen LogP contribution in [0, 0.1) is 5.92 Å². The summed E-state index contributed by atoms with van der Waals surface area (Å²) in [5.41, 5.74) is 1.28. The lowest BCUT2D eigenvalue weighted by Gasteiger charge is -2.07. The van der Waals surface area contributed by atoms with E-state index >= 15 is 0 Å². The monoisotopic (exact) mass is 208 g/mol. The zero-order valence-electron chi connectivity index (χ0n) is 8.38. The minimum absolute atomic E-state index is 0.00309. The fraction of sp³-hybridized carbons (Fsp3) is 0.250. The van der Waals surface area contributed by atoms with Gasteiger partial charge in [0, 0.05) is 10.6 Å². The molecule has 0 radical (unpaired) electrons. The second-order valence-electron chi connectivity index (χ2n) is 3.52. The molecule has 0 aliphatic carbocycles. The molecule has 0 atom stereocenters. The first-order valence-corrected chi connectivity index (χ1v) is 4.89. The van der Waals surface area contributed by atoms with Crippen LogP contribution in [0.25, 0.3) is 0 Å². The third-order valence-electron chi connectivity index (χ3n) is 2.09. The van der Waals surface area contributed by atoms with Crippen molar-refractivity contribution in [2.75, 3.05) is 0 Å². The zero-order valence-corrected chi connectivity index (χ0v) is 9.14. The normalized spacial score (nSPS) is 10.3. The molecule has 1 nitrogen and oxygen atoms in total. The number of Topliss-reactive ketones (excluding diaryl/α,β-unsaturated/α-hetero) is 1. The predicted octanol–water partition coefficient (Wildman–Crippen LogP) is 3.73. The van der Waals surface area contributed by atoms with E-state index in [0.29, 0.717) is 16.2 Å². The van der Waals surface area contributed by atoms with Crippen LogP contribution in [0.5, 0.6) is 0 Å². The zero-order chi connectivity index (χ0) is 10.7. The second-order valence-corrected chi connectivity index (χ2v) is 3.95. The summed E-state index contributed by atoms with van der Waals surface area (Å²) in [7, 11) is 0. The Bertz CT molecular complexity index is 349. The quantitative estimate of drug-likeness (QED) is 0.547. The molecule has 0 aliphatic heterocycles. The lowest BCUT2D eigenvalue weighted by atomic mass is 9.96. The van der Waals surface area contributed by atoms with E-state index in [1.807, 2.05) is 13.8 Å². The number of carbonyl (C=O) groups excluding carboxylic acids is 1. The second kappa shape index (κ2) is 4.43. The van der Waals surface area contributed by atoms with Crippen molar-refractivity contribution in [1.82, 2.24) is 0 Å². The summed E-state index contributed by atoms with van der Waals surface area (Å²) in [5, 5.41) is 0.636. The van der Waals surface area contributed by atoms with Crippen molar-refractivity contribution in [3.63, 3.8) is 0 Å². The van der Waals surface area contributed by atoms with Gasteiger partial charge in [-0.05, 0) is 35.8 Å². The molecule has 0 heterocycles. The van der Waals surface area contributed by atoms with Crippen LogP contribution in [0.4, 0.5) is 0 Å². The van der Waals surface area contributed by atoms with Gasteiger partial charge in [-0.2, -0.15) is 0 Å². The smallest absolute Gasteiger partial charge is 0.188 e. The van der Waals surface area contributed by atoms with Crippen LogP contribution in [0.3, 0.4) is 0 Å². The van der Waals surface area contributed by atoms with Gasteiger partial charge < -0.3 is 0 Å². The number of hydrogen-bond acceptors (Lipinski definition) is 1. The molecule has 1 aromatic carbocycles. The fourth-order valence-electron chi connectivity index (χ4n) is 1.05. The van der Waals surface area contributed by atoms with Crippen molar-refractivity contribution >= 4 is 17.4 Å². The lowest BCUT2D eigenvalue weighted by molar-refractivity contribution is 0.102. The number of rotatable bonds is 3. The van der Waals surface area contributed by atoms with Gasteiger partial charge in [-0.15, -0.1) is 0 Å². The van der Waals surface area contributed by atoms with E-state index in [2.05, 4.69) is 6.58 Å². The molecule has 1 rings (SSSR count). The molecule has 2 heteroatoms. The highest BCUT2D eigenvalue weighted by atomic mass is 35.5. The van der Waals surface area contributed by atoms with Crippen LogP contribution in [0.15, 0.2) is 36.4 Å². The summed E-state index contributed by atoms with van der Waals surface area (Å²) in [6.45, 7) is 7.68. The van der Waals surface area contributed by atoms with E-state index in [1.165, 1.54) is 0 Å². The third kappa shape index (κ3) is 2.46. The van der Waals surface area contributed by atoms with E-state index in [9.17, 15) is 4.79 Å². The Morgan fingerprint density at radius 2 is 1.79 bits per heavy atom. The molecular formula is C12H13ClO. The Morgan fingerprint density at radius 1 is 1.29 bits per heavy atom. The minimum atomic E-state index is -0.00309. The van der Waals surface area contributed by atoms with Gasteiger partial charge in [-0.25, -0.2) is 0 Å². The maximum absolute atomic E-state index is 11.8. The Morgan fingerprint density at radius 3 is 2.21 bits per heavy atom. The van der Waals surface area contributed by atoms with Gasteiger partial charge in [0.2, 0.25) is 0 Å². The number of ketones is 1. The number of benzene rings is 1. The highest BCUT2D eigenvalue weighted by Crippen LogP contribution is 2.16. The van der Waals surface area contributed by atoms with E-state index in [4.69, 9.17) is 11.6 Å². The fourth-order valence-corrected chi connectivity index (χ4v) is 1.17. The van der Waals surface area contributed by atoms with Crippen LogP contribution in [-0.4, -0.2) is 5.78 Å². The van der Waals surface area contributed by atoms with Crippen LogP contribution >= 0.6 is 11.6 Å². The molecule has 0 saturated carbocycles. The molecule has 74 valence electrons. The Balaban J connectivity index is 2.90. The van der Waals surface area contributed by atoms with Gasteiger partial charge in [0.1, 0.15) is 0 Å². The SMILES string of the molecule is C=C(C(=O)c1ccc(Cl)cc1)C(C)C. The first-order valence-electron chi connectivity index (χ1n) is 4.51. The molecule has 0 bridgehead atoms. The summed E-state index contributed by atoms with van der Waals surface area (Å²) >= 11 is 5.72. The third-order valence-corrected chi connectivity index (χ3v) is 2.35. The maximum Gasteiger partial charge on any atom is 0.188 e. The molecule has 0 fully saturated rings. The molecule has 0 amide bonds. The largest absolute Gasteiger partial charge is 0.289 e. The standard InChI is InChI=1S/C12H13ClO/c1-8(2)9(3)12(14)10-4-6-11(13)7-5-10/h4-8H,3H2,1-2H3. The summed E-state index contributed by atoms with van der Waals surface area (Å²) in [6, 6.07) is 6.86. The number of allylic oxidation sites excluding steroid dienone is 1. The van der Waals surface area contributed by atoms with Crippen LogP contribution < -0.4 is 0 Å². The molecule has 0 aliphatic rings. The van der Waals surface area contributed by atoms with Crippen molar-refractivity contribution in [2.45, 2.75) is 13.8 Å². The van der Waals surface area contributed by atoms with Gasteiger partial charge in [-0.1, -0.05) is 32.0 Å². The number of halogens is 1. The van der Waals surface area contributed by atoms with E-state index in [0.717, 1.165) is 0 Å². The predicted molar refractivity (Wildman–Crippen MR) is 59.8 cm³/mol. The van der Waals surface area contributed by atoms with Crippen LogP contribution in [0.2, 0.25) is 5.02 Å². The number of hydrogen-bond donors (Lipinski definition) is 0. The van der Waals surface area contributed by atoms with E-state index in [-0.39, 0.29) is 11.7 Å². The van der Waals surface area contributed by atoms with Gasteiger partial charge in [0.15, 0.2) is 5.78 Å². The molecule has 0 aromatic heterocycles. The first-order chi connectivity index (χ1) is 6.52. The number of carbonyl (C=O) groups is 1. The van der Waals surface area contributed by atoms with Gasteiger partial charge in [0.05, 0.1) is 0 Å². The van der Waals surface area contributed by atoms with Crippen molar-refractivity contribution in [3.05, 3.63) is 47.0 Å². The Hall–Kier alpha value is -1.08. The topological polar surface area (TPSA) is 17.1 Å². The first kappa shape index (κ1) is 11.0. The van der Waals surface area contributed by atoms with Crippen molar-refractivity contribution in [1.29, 1.82) is 0 Å². The Kier molecular flexibility index (Phi) is 3.48. The molecule has 0 saturated heterocycles. The van der Waals surface area contributed by atoms with Crippen LogP contribution in [0.1, 0.15) is 24.2 Å².